The van der Waals surface area contributed by atoms with Gasteiger partial charge in [0.05, 0.1) is 30.7 Å². The molecule has 0 aliphatic carbocycles. The van der Waals surface area contributed by atoms with Crippen molar-refractivity contribution in [1.82, 2.24) is 0 Å². The van der Waals surface area contributed by atoms with Crippen LogP contribution in [0.5, 0.6) is 0 Å². The summed E-state index contributed by atoms with van der Waals surface area (Å²) in [5.41, 5.74) is -0.462. The summed E-state index contributed by atoms with van der Waals surface area (Å²) >= 11 is 29.9. The molecule has 22 heavy (non-hydrogen) atoms. The Hall–Kier alpha value is -0.320. The van der Waals surface area contributed by atoms with Crippen molar-refractivity contribution in [2.75, 3.05) is 0 Å². The Balaban J connectivity index is 2.79. The number of aryl methyl sites for hydroxylation is 1. The molecule has 0 aliphatic heterocycles. The molecule has 0 atom stereocenters. The van der Waals surface area contributed by atoms with Crippen LogP contribution < -0.4 is 0 Å². The van der Waals surface area contributed by atoms with E-state index >= 15 is 0 Å². The fourth-order valence-corrected chi connectivity index (χ4v) is 3.30. The smallest absolute Gasteiger partial charge is 0.166 e. The van der Waals surface area contributed by atoms with E-state index < -0.39 is 11.7 Å². The minimum absolute atomic E-state index is 0.0507. The van der Waals surface area contributed by atoms with E-state index in [1.807, 2.05) is 0 Å². The van der Waals surface area contributed by atoms with E-state index in [1.54, 1.807) is 0 Å². The molecular weight excluding hydrogens is 402 g/mol. The number of hydrogen-bond acceptors (Lipinski definition) is 0. The van der Waals surface area contributed by atoms with Crippen LogP contribution in [0.25, 0.3) is 11.1 Å². The SMILES string of the molecule is Cc1ccc(-c2c(Cl)c(Cl)c(Cl)c(Cl)c2Cl)cc1C(F)(F)F. The average Bonchev–Trinajstić information content (AvgIpc) is 2.43. The number of benzene rings is 2. The highest BCUT2D eigenvalue weighted by Gasteiger charge is 2.33. The lowest BCUT2D eigenvalue weighted by Crippen LogP contribution is -2.07. The normalized spacial score (nSPS) is 11.9. The maximum absolute atomic E-state index is 13.0. The number of halogens is 8. The van der Waals surface area contributed by atoms with Crippen molar-refractivity contribution in [1.29, 1.82) is 0 Å². The summed E-state index contributed by atoms with van der Waals surface area (Å²) in [5, 5.41) is -0.301. The maximum Gasteiger partial charge on any atom is 0.416 e. The molecule has 0 saturated heterocycles. The van der Waals surface area contributed by atoms with Crippen molar-refractivity contribution in [3.8, 4) is 11.1 Å². The summed E-state index contributed by atoms with van der Waals surface area (Å²) in [7, 11) is 0. The van der Waals surface area contributed by atoms with Crippen LogP contribution in [0.2, 0.25) is 25.1 Å². The molecular formula is C14H6Cl5F3. The zero-order chi connectivity index (χ0) is 16.8. The first-order chi connectivity index (χ1) is 10.1. The third kappa shape index (κ3) is 3.15. The van der Waals surface area contributed by atoms with Crippen LogP contribution in [0.15, 0.2) is 18.2 Å². The molecule has 2 aromatic carbocycles. The van der Waals surface area contributed by atoms with Gasteiger partial charge in [0.1, 0.15) is 0 Å². The predicted octanol–water partition coefficient (Wildman–Crippen LogP) is 7.95. The molecule has 0 nitrogen and oxygen atoms in total. The highest BCUT2D eigenvalue weighted by atomic mass is 35.5. The zero-order valence-electron chi connectivity index (χ0n) is 10.8. The van der Waals surface area contributed by atoms with Gasteiger partial charge in [0, 0.05) is 5.56 Å². The number of alkyl halides is 3. The third-order valence-corrected chi connectivity index (χ3v) is 5.32. The second-order valence-corrected chi connectivity index (χ2v) is 6.36. The quantitative estimate of drug-likeness (QED) is 0.332. The lowest BCUT2D eigenvalue weighted by molar-refractivity contribution is -0.138. The molecule has 0 aliphatic rings. The summed E-state index contributed by atoms with van der Waals surface area (Å²) in [6.07, 6.45) is -4.50. The first kappa shape index (κ1) is 18.0. The van der Waals surface area contributed by atoms with Gasteiger partial charge in [-0.15, -0.1) is 0 Å². The largest absolute Gasteiger partial charge is 0.416 e. The Morgan fingerprint density at radius 2 is 1.23 bits per heavy atom. The molecule has 0 saturated carbocycles. The van der Waals surface area contributed by atoms with Gasteiger partial charge in [-0.05, 0) is 24.1 Å². The molecule has 0 spiro atoms. The predicted molar refractivity (Wildman–Crippen MR) is 86.7 cm³/mol. The van der Waals surface area contributed by atoms with Crippen LogP contribution >= 0.6 is 58.0 Å². The van der Waals surface area contributed by atoms with Crippen molar-refractivity contribution < 1.29 is 13.2 Å². The molecule has 0 radical (unpaired) electrons. The van der Waals surface area contributed by atoms with Crippen LogP contribution in [0.4, 0.5) is 13.2 Å². The Bertz CT molecular complexity index is 724. The van der Waals surface area contributed by atoms with Crippen molar-refractivity contribution in [3.63, 3.8) is 0 Å². The van der Waals surface area contributed by atoms with E-state index in [1.165, 1.54) is 19.1 Å². The molecule has 8 heteroatoms. The Morgan fingerprint density at radius 3 is 1.68 bits per heavy atom. The molecule has 0 heterocycles. The summed E-state index contributed by atoms with van der Waals surface area (Å²) < 4.78 is 39.1. The number of hydrogen-bond donors (Lipinski definition) is 0. The fraction of sp³-hybridized carbons (Fsp3) is 0.143. The van der Waals surface area contributed by atoms with E-state index in [9.17, 15) is 13.2 Å². The summed E-state index contributed by atoms with van der Waals surface area (Å²) in [6, 6.07) is 3.72. The van der Waals surface area contributed by atoms with E-state index in [0.717, 1.165) is 6.07 Å². The van der Waals surface area contributed by atoms with Crippen LogP contribution in [0, 0.1) is 6.92 Å². The minimum Gasteiger partial charge on any atom is -0.166 e. The van der Waals surface area contributed by atoms with E-state index in [0.29, 0.717) is 0 Å². The Labute approximate surface area is 149 Å². The van der Waals surface area contributed by atoms with Crippen LogP contribution in [-0.2, 0) is 6.18 Å². The molecule has 0 bridgehead atoms. The van der Waals surface area contributed by atoms with Gasteiger partial charge in [-0.3, -0.25) is 0 Å². The van der Waals surface area contributed by atoms with Gasteiger partial charge in [-0.25, -0.2) is 0 Å². The standard InChI is InChI=1S/C14H6Cl5F3/c1-5-2-3-6(4-7(5)14(20,21)22)8-9(15)11(17)13(19)12(18)10(8)16/h2-4H,1H3. The van der Waals surface area contributed by atoms with Crippen LogP contribution in [0.3, 0.4) is 0 Å². The van der Waals surface area contributed by atoms with Crippen molar-refractivity contribution in [3.05, 3.63) is 54.4 Å². The molecule has 2 rings (SSSR count). The molecule has 0 aromatic heterocycles. The highest BCUT2D eigenvalue weighted by molar-refractivity contribution is 6.56. The van der Waals surface area contributed by atoms with Crippen LogP contribution in [0.1, 0.15) is 11.1 Å². The molecule has 0 unspecified atom stereocenters. The first-order valence-electron chi connectivity index (χ1n) is 5.75. The van der Waals surface area contributed by atoms with E-state index in [2.05, 4.69) is 0 Å². The second-order valence-electron chi connectivity index (χ2n) is 4.47. The lowest BCUT2D eigenvalue weighted by atomic mass is 9.99. The van der Waals surface area contributed by atoms with E-state index in [4.69, 9.17) is 58.0 Å². The Morgan fingerprint density at radius 1 is 0.773 bits per heavy atom. The topological polar surface area (TPSA) is 0 Å². The Kier molecular flexibility index (Phi) is 5.15. The zero-order valence-corrected chi connectivity index (χ0v) is 14.5. The molecule has 0 N–H and O–H groups in total. The van der Waals surface area contributed by atoms with Gasteiger partial charge < -0.3 is 0 Å². The maximum atomic E-state index is 13.0. The molecule has 0 fully saturated rings. The molecule has 0 amide bonds. The summed E-state index contributed by atoms with van der Waals surface area (Å²) in [6.45, 7) is 1.36. The first-order valence-corrected chi connectivity index (χ1v) is 7.64. The minimum atomic E-state index is -4.50. The van der Waals surface area contributed by atoms with Crippen molar-refractivity contribution >= 4 is 58.0 Å². The monoisotopic (exact) mass is 406 g/mol. The third-order valence-electron chi connectivity index (χ3n) is 3.04. The second kappa shape index (κ2) is 6.29. The van der Waals surface area contributed by atoms with Crippen LogP contribution in [-0.4, -0.2) is 0 Å². The fourth-order valence-electron chi connectivity index (χ4n) is 1.94. The van der Waals surface area contributed by atoms with Gasteiger partial charge in [-0.2, -0.15) is 13.2 Å². The number of rotatable bonds is 1. The van der Waals surface area contributed by atoms with Gasteiger partial charge >= 0.3 is 6.18 Å². The van der Waals surface area contributed by atoms with Gasteiger partial charge in [0.25, 0.3) is 0 Å². The van der Waals surface area contributed by atoms with Gasteiger partial charge in [0.15, 0.2) is 0 Å². The average molecular weight is 408 g/mol. The van der Waals surface area contributed by atoms with Crippen molar-refractivity contribution in [2.45, 2.75) is 13.1 Å². The molecule has 2 aromatic rings. The van der Waals surface area contributed by atoms with E-state index in [-0.39, 0.29) is 41.8 Å². The summed E-state index contributed by atoms with van der Waals surface area (Å²) in [4.78, 5) is 0. The van der Waals surface area contributed by atoms with Gasteiger partial charge in [0.2, 0.25) is 0 Å². The van der Waals surface area contributed by atoms with Crippen molar-refractivity contribution in [2.24, 2.45) is 0 Å². The molecule has 118 valence electrons. The highest BCUT2D eigenvalue weighted by Crippen LogP contribution is 2.48. The van der Waals surface area contributed by atoms with Gasteiger partial charge in [-0.1, -0.05) is 70.1 Å². The summed E-state index contributed by atoms with van der Waals surface area (Å²) in [5.74, 6) is 0. The lowest BCUT2D eigenvalue weighted by Gasteiger charge is -2.16.